The van der Waals surface area contributed by atoms with Crippen LogP contribution in [0.1, 0.15) is 25.6 Å². The lowest BCUT2D eigenvalue weighted by atomic mass is 10.1. The second-order valence-electron chi connectivity index (χ2n) is 3.85. The molecule has 1 N–H and O–H groups in total. The highest BCUT2D eigenvalue weighted by molar-refractivity contribution is 5.97. The second kappa shape index (κ2) is 5.96. The molecule has 98 valence electrons. The number of carbonyl (C=O) groups is 1. The number of nitrogens with zero attached hydrogens (tertiary/aromatic N) is 1. The fraction of sp³-hybridized carbons (Fsp3) is 0.125. The largest absolute Gasteiger partial charge is 0.345 e. The van der Waals surface area contributed by atoms with Crippen LogP contribution in [0, 0.1) is 0 Å². The van der Waals surface area contributed by atoms with Crippen LogP contribution in [0.25, 0.3) is 22.2 Å². The lowest BCUT2D eigenvalue weighted by Gasteiger charge is -2.00. The summed E-state index contributed by atoms with van der Waals surface area (Å²) in [5.41, 5.74) is 3.50. The van der Waals surface area contributed by atoms with Gasteiger partial charge >= 0.3 is 0 Å². The van der Waals surface area contributed by atoms with E-state index in [4.69, 9.17) is 0 Å². The number of fused-ring (bicyclic) bond motifs is 1. The first-order chi connectivity index (χ1) is 9.38. The van der Waals surface area contributed by atoms with Gasteiger partial charge in [0.05, 0.1) is 0 Å². The van der Waals surface area contributed by atoms with Crippen LogP contribution >= 0.6 is 0 Å². The molecule has 1 aromatic carbocycles. The predicted octanol–water partition coefficient (Wildman–Crippen LogP) is 4.31. The number of aldehydes is 1. The first-order valence-electron chi connectivity index (χ1n) is 6.36. The van der Waals surface area contributed by atoms with Crippen LogP contribution in [0.4, 0.5) is 0 Å². The van der Waals surface area contributed by atoms with Gasteiger partial charge in [0.25, 0.3) is 0 Å². The zero-order valence-corrected chi connectivity index (χ0v) is 11.1. The molecule has 2 aromatic heterocycles. The monoisotopic (exact) mass is 254 g/mol. The van der Waals surface area contributed by atoms with E-state index in [9.17, 15) is 4.79 Å². The minimum absolute atomic E-state index is 0. The van der Waals surface area contributed by atoms with Gasteiger partial charge in [0.2, 0.25) is 0 Å². The number of hydrogen-bond acceptors (Lipinski definition) is 2. The molecule has 0 radical (unpaired) electrons. The zero-order chi connectivity index (χ0) is 13.7. The van der Waals surface area contributed by atoms with Crippen molar-refractivity contribution in [3.63, 3.8) is 0 Å². The number of rotatable bonds is 2. The Morgan fingerprint density at radius 2 is 1.89 bits per heavy atom. The number of benzene rings is 1. The van der Waals surface area contributed by atoms with Crippen molar-refractivity contribution in [1.82, 2.24) is 9.97 Å². The molecule has 0 spiro atoms. The Balaban J connectivity index is 0.000000639. The van der Waals surface area contributed by atoms with E-state index in [0.717, 1.165) is 28.4 Å². The van der Waals surface area contributed by atoms with Crippen molar-refractivity contribution in [1.29, 1.82) is 0 Å². The average molecular weight is 254 g/mol. The molecule has 0 saturated carbocycles. The van der Waals surface area contributed by atoms with E-state index >= 15 is 0 Å². The maximum absolute atomic E-state index is 10.9. The maximum atomic E-state index is 10.9. The molecule has 0 bridgehead atoms. The molecule has 3 heteroatoms. The van der Waals surface area contributed by atoms with Gasteiger partial charge in [0.15, 0.2) is 6.29 Å². The third-order valence-corrected chi connectivity index (χ3v) is 2.80. The summed E-state index contributed by atoms with van der Waals surface area (Å²) in [6, 6.07) is 12.0. The quantitative estimate of drug-likeness (QED) is 0.692. The molecular formula is C16H18N2O. The topological polar surface area (TPSA) is 45.8 Å². The number of aromatic amines is 1. The third kappa shape index (κ3) is 2.55. The van der Waals surface area contributed by atoms with Gasteiger partial charge in [-0.2, -0.15) is 0 Å². The highest BCUT2D eigenvalue weighted by Crippen LogP contribution is 2.23. The molecule has 0 saturated heterocycles. The lowest BCUT2D eigenvalue weighted by molar-refractivity contribution is 0.112. The van der Waals surface area contributed by atoms with Crippen LogP contribution in [-0.4, -0.2) is 16.3 Å². The normalized spacial score (nSPS) is 9.79. The summed E-state index contributed by atoms with van der Waals surface area (Å²) in [7, 11) is 0. The Morgan fingerprint density at radius 3 is 2.58 bits per heavy atom. The number of nitrogens with one attached hydrogen (secondary N) is 1. The van der Waals surface area contributed by atoms with Gasteiger partial charge in [-0.3, -0.25) is 4.79 Å². The molecule has 0 aliphatic heterocycles. The van der Waals surface area contributed by atoms with Crippen LogP contribution in [0.3, 0.4) is 0 Å². The first-order valence-corrected chi connectivity index (χ1v) is 6.36. The molecule has 19 heavy (non-hydrogen) atoms. The average Bonchev–Trinajstić information content (AvgIpc) is 2.92. The van der Waals surface area contributed by atoms with Gasteiger partial charge in [0, 0.05) is 30.3 Å². The minimum Gasteiger partial charge on any atom is -0.345 e. The summed E-state index contributed by atoms with van der Waals surface area (Å²) in [5, 5.41) is 0.862. The summed E-state index contributed by atoms with van der Waals surface area (Å²) in [6.45, 7) is 4.00. The predicted molar refractivity (Wildman–Crippen MR) is 80.4 cm³/mol. The summed E-state index contributed by atoms with van der Waals surface area (Å²) in [5.74, 6) is 0. The number of aromatic nitrogens is 2. The van der Waals surface area contributed by atoms with E-state index in [2.05, 4.69) is 9.97 Å². The Labute approximate surface area is 113 Å². The Hall–Kier alpha value is -2.42. The van der Waals surface area contributed by atoms with Gasteiger partial charge in [-0.05, 0) is 11.6 Å². The molecule has 0 amide bonds. The van der Waals surface area contributed by atoms with E-state index < -0.39 is 0 Å². The molecule has 0 aliphatic rings. The highest BCUT2D eigenvalue weighted by Gasteiger charge is 2.05. The highest BCUT2D eigenvalue weighted by atomic mass is 16.1. The van der Waals surface area contributed by atoms with Gasteiger partial charge in [-0.15, -0.1) is 0 Å². The SMILES string of the molecule is CC.O=Cc1c[nH]c2ncc(-c3ccccc3)cc12.[HH]. The van der Waals surface area contributed by atoms with E-state index in [1.807, 2.05) is 56.4 Å². The van der Waals surface area contributed by atoms with Gasteiger partial charge < -0.3 is 4.98 Å². The molecule has 0 unspecified atom stereocenters. The molecule has 0 atom stereocenters. The molecule has 0 aliphatic carbocycles. The smallest absolute Gasteiger partial charge is 0.152 e. The van der Waals surface area contributed by atoms with Crippen LogP contribution in [-0.2, 0) is 0 Å². The van der Waals surface area contributed by atoms with Crippen molar-refractivity contribution in [3.8, 4) is 11.1 Å². The fourth-order valence-electron chi connectivity index (χ4n) is 1.91. The molecule has 2 heterocycles. The molecule has 0 fully saturated rings. The summed E-state index contributed by atoms with van der Waals surface area (Å²) in [6.07, 6.45) is 4.33. The third-order valence-electron chi connectivity index (χ3n) is 2.80. The van der Waals surface area contributed by atoms with E-state index in [-0.39, 0.29) is 1.43 Å². The Morgan fingerprint density at radius 1 is 1.16 bits per heavy atom. The first kappa shape index (κ1) is 13.0. The van der Waals surface area contributed by atoms with Crippen molar-refractivity contribution in [3.05, 3.63) is 54.4 Å². The van der Waals surface area contributed by atoms with E-state index in [0.29, 0.717) is 5.56 Å². The van der Waals surface area contributed by atoms with Gasteiger partial charge in [-0.1, -0.05) is 44.2 Å². The number of hydrogen-bond donors (Lipinski definition) is 1. The van der Waals surface area contributed by atoms with Crippen molar-refractivity contribution in [2.45, 2.75) is 13.8 Å². The van der Waals surface area contributed by atoms with Crippen molar-refractivity contribution < 1.29 is 6.22 Å². The number of pyridine rings is 1. The zero-order valence-electron chi connectivity index (χ0n) is 11.1. The molecule has 3 rings (SSSR count). The molecule has 3 nitrogen and oxygen atoms in total. The Bertz CT molecular complexity index is 677. The van der Waals surface area contributed by atoms with E-state index in [1.165, 1.54) is 0 Å². The Kier molecular flexibility index (Phi) is 4.08. The minimum atomic E-state index is 0. The van der Waals surface area contributed by atoms with Crippen LogP contribution in [0.2, 0.25) is 0 Å². The van der Waals surface area contributed by atoms with E-state index in [1.54, 1.807) is 6.20 Å². The van der Waals surface area contributed by atoms with Crippen LogP contribution in [0.15, 0.2) is 48.8 Å². The summed E-state index contributed by atoms with van der Waals surface area (Å²) in [4.78, 5) is 18.2. The van der Waals surface area contributed by atoms with Gasteiger partial charge in [-0.25, -0.2) is 4.98 Å². The van der Waals surface area contributed by atoms with Crippen molar-refractivity contribution in [2.75, 3.05) is 0 Å². The summed E-state index contributed by atoms with van der Waals surface area (Å²) >= 11 is 0. The maximum Gasteiger partial charge on any atom is 0.152 e. The second-order valence-corrected chi connectivity index (χ2v) is 3.85. The standard InChI is InChI=1S/C14H10N2O.C2H6.H2/c17-9-12-8-16-14-13(12)6-11(7-15-14)10-4-2-1-3-5-10;1-2;/h1-9H,(H,15,16);1-2H3;1H. The van der Waals surface area contributed by atoms with Gasteiger partial charge in [0.1, 0.15) is 5.65 Å². The number of H-pyrrole nitrogens is 1. The fourth-order valence-corrected chi connectivity index (χ4v) is 1.91. The van der Waals surface area contributed by atoms with Crippen LogP contribution < -0.4 is 0 Å². The van der Waals surface area contributed by atoms with Crippen molar-refractivity contribution >= 4 is 17.3 Å². The molecular weight excluding hydrogens is 236 g/mol. The van der Waals surface area contributed by atoms with Crippen molar-refractivity contribution in [2.24, 2.45) is 0 Å². The molecule has 3 aromatic rings. The lowest BCUT2D eigenvalue weighted by Crippen LogP contribution is -1.82. The number of carbonyl (C=O) groups excluding carboxylic acids is 1. The van der Waals surface area contributed by atoms with Crippen LogP contribution in [0.5, 0.6) is 0 Å². The summed E-state index contributed by atoms with van der Waals surface area (Å²) < 4.78 is 0.